The van der Waals surface area contributed by atoms with E-state index >= 15 is 0 Å². The first-order valence-electron chi connectivity index (χ1n) is 5.97. The molecule has 0 spiro atoms. The molecule has 2 aromatic rings. The molecule has 104 valence electrons. The highest BCUT2D eigenvalue weighted by Gasteiger charge is 2.10. The van der Waals surface area contributed by atoms with Gasteiger partial charge in [-0.2, -0.15) is 4.98 Å². The number of aromatic nitrogens is 3. The fourth-order valence-corrected chi connectivity index (χ4v) is 1.54. The first-order chi connectivity index (χ1) is 9.62. The zero-order valence-corrected chi connectivity index (χ0v) is 11.5. The van der Waals surface area contributed by atoms with Crippen molar-refractivity contribution in [3.8, 4) is 5.88 Å². The summed E-state index contributed by atoms with van der Waals surface area (Å²) in [6, 6.07) is 5.06. The Bertz CT molecular complexity index is 613. The molecule has 2 rings (SSSR count). The molecule has 0 bridgehead atoms. The molecule has 0 unspecified atom stereocenters. The number of carbonyl (C=O) groups excluding carboxylic acids is 1. The van der Waals surface area contributed by atoms with E-state index in [1.54, 1.807) is 38.4 Å². The number of nitrogens with one attached hydrogen (secondary N) is 2. The van der Waals surface area contributed by atoms with E-state index in [1.165, 1.54) is 7.11 Å². The lowest BCUT2D eigenvalue weighted by molar-refractivity contribution is 0.102. The summed E-state index contributed by atoms with van der Waals surface area (Å²) in [4.78, 5) is 24.2. The summed E-state index contributed by atoms with van der Waals surface area (Å²) in [6.07, 6.45) is 1.58. The Kier molecular flexibility index (Phi) is 4.09. The van der Waals surface area contributed by atoms with Crippen LogP contribution in [-0.2, 0) is 0 Å². The number of hydrogen-bond acceptors (Lipinski definition) is 6. The molecule has 2 N–H and O–H groups in total. The average molecular weight is 273 g/mol. The third-order valence-corrected chi connectivity index (χ3v) is 2.55. The molecule has 0 aliphatic rings. The van der Waals surface area contributed by atoms with Crippen LogP contribution in [0.15, 0.2) is 24.4 Å². The molecule has 2 heterocycles. The SMILES string of the molecule is CNc1ccc(C(=O)Nc2nc(C)cc(OC)n2)nc1. The van der Waals surface area contributed by atoms with Crippen LogP contribution >= 0.6 is 0 Å². The summed E-state index contributed by atoms with van der Waals surface area (Å²) in [5, 5.41) is 5.52. The van der Waals surface area contributed by atoms with E-state index in [-0.39, 0.29) is 17.5 Å². The van der Waals surface area contributed by atoms with Gasteiger partial charge in [-0.1, -0.05) is 0 Å². The summed E-state index contributed by atoms with van der Waals surface area (Å²) < 4.78 is 5.03. The quantitative estimate of drug-likeness (QED) is 0.877. The maximum absolute atomic E-state index is 12.0. The minimum absolute atomic E-state index is 0.186. The van der Waals surface area contributed by atoms with Gasteiger partial charge in [0.15, 0.2) is 0 Å². The molecule has 0 saturated heterocycles. The van der Waals surface area contributed by atoms with Gasteiger partial charge >= 0.3 is 0 Å². The minimum Gasteiger partial charge on any atom is -0.481 e. The summed E-state index contributed by atoms with van der Waals surface area (Å²) in [5.74, 6) is 0.206. The number of pyridine rings is 1. The van der Waals surface area contributed by atoms with Crippen molar-refractivity contribution in [2.24, 2.45) is 0 Å². The summed E-state index contributed by atoms with van der Waals surface area (Å²) in [6.45, 7) is 1.79. The number of anilines is 2. The van der Waals surface area contributed by atoms with Gasteiger partial charge in [0, 0.05) is 18.8 Å². The summed E-state index contributed by atoms with van der Waals surface area (Å²) in [5.41, 5.74) is 1.81. The standard InChI is InChI=1S/C13H15N5O2/c1-8-6-11(20-3)17-13(16-8)18-12(19)10-5-4-9(14-2)7-15-10/h4-7,14H,1-3H3,(H,16,17,18,19). The Hall–Kier alpha value is -2.70. The van der Waals surface area contributed by atoms with Crippen LogP contribution in [0.25, 0.3) is 0 Å². The van der Waals surface area contributed by atoms with Gasteiger partial charge in [0.2, 0.25) is 11.8 Å². The number of carbonyl (C=O) groups is 1. The number of nitrogens with zero attached hydrogens (tertiary/aromatic N) is 3. The number of aryl methyl sites for hydroxylation is 1. The second-order valence-electron chi connectivity index (χ2n) is 4.01. The number of hydrogen-bond donors (Lipinski definition) is 2. The van der Waals surface area contributed by atoms with Gasteiger partial charge in [-0.15, -0.1) is 0 Å². The van der Waals surface area contributed by atoms with Crippen molar-refractivity contribution in [2.75, 3.05) is 24.8 Å². The number of rotatable bonds is 4. The Balaban J connectivity index is 2.16. The third kappa shape index (κ3) is 3.19. The zero-order chi connectivity index (χ0) is 14.5. The molecule has 0 atom stereocenters. The van der Waals surface area contributed by atoms with Crippen molar-refractivity contribution in [1.82, 2.24) is 15.0 Å². The van der Waals surface area contributed by atoms with E-state index in [9.17, 15) is 4.79 Å². The first kappa shape index (κ1) is 13.7. The number of amides is 1. The van der Waals surface area contributed by atoms with E-state index in [0.29, 0.717) is 11.6 Å². The van der Waals surface area contributed by atoms with E-state index < -0.39 is 0 Å². The molecule has 0 radical (unpaired) electrons. The molecule has 2 aromatic heterocycles. The van der Waals surface area contributed by atoms with Crippen LogP contribution < -0.4 is 15.4 Å². The molecule has 7 heteroatoms. The molecule has 0 aromatic carbocycles. The molecule has 0 aliphatic carbocycles. The lowest BCUT2D eigenvalue weighted by Gasteiger charge is -2.06. The fraction of sp³-hybridized carbons (Fsp3) is 0.231. The highest BCUT2D eigenvalue weighted by Crippen LogP contribution is 2.12. The lowest BCUT2D eigenvalue weighted by Crippen LogP contribution is -2.16. The maximum Gasteiger partial charge on any atom is 0.276 e. The Morgan fingerprint density at radius 2 is 2.10 bits per heavy atom. The largest absolute Gasteiger partial charge is 0.481 e. The van der Waals surface area contributed by atoms with Gasteiger partial charge in [0.05, 0.1) is 19.0 Å². The average Bonchev–Trinajstić information content (AvgIpc) is 2.46. The van der Waals surface area contributed by atoms with Crippen LogP contribution in [0.4, 0.5) is 11.6 Å². The van der Waals surface area contributed by atoms with Gasteiger partial charge in [0.1, 0.15) is 5.69 Å². The smallest absolute Gasteiger partial charge is 0.276 e. The van der Waals surface area contributed by atoms with Crippen LogP contribution in [0.2, 0.25) is 0 Å². The molecule has 0 aliphatic heterocycles. The molecule has 0 saturated carbocycles. The van der Waals surface area contributed by atoms with Crippen molar-refractivity contribution in [3.63, 3.8) is 0 Å². The molecular weight excluding hydrogens is 258 g/mol. The fourth-order valence-electron chi connectivity index (χ4n) is 1.54. The van der Waals surface area contributed by atoms with Crippen molar-refractivity contribution in [2.45, 2.75) is 6.92 Å². The van der Waals surface area contributed by atoms with Crippen LogP contribution in [0.5, 0.6) is 5.88 Å². The van der Waals surface area contributed by atoms with E-state index in [0.717, 1.165) is 5.69 Å². The Morgan fingerprint density at radius 1 is 1.30 bits per heavy atom. The number of ether oxygens (including phenoxy) is 1. The van der Waals surface area contributed by atoms with E-state index in [2.05, 4.69) is 25.6 Å². The molecule has 1 amide bonds. The topological polar surface area (TPSA) is 89.0 Å². The molecule has 20 heavy (non-hydrogen) atoms. The van der Waals surface area contributed by atoms with Gasteiger partial charge in [-0.3, -0.25) is 10.1 Å². The normalized spacial score (nSPS) is 9.95. The van der Waals surface area contributed by atoms with Gasteiger partial charge in [-0.05, 0) is 19.1 Å². The molecular formula is C13H15N5O2. The number of methoxy groups -OCH3 is 1. The second-order valence-corrected chi connectivity index (χ2v) is 4.01. The first-order valence-corrected chi connectivity index (χ1v) is 5.97. The highest BCUT2D eigenvalue weighted by molar-refractivity contribution is 6.01. The second kappa shape index (κ2) is 5.96. The third-order valence-electron chi connectivity index (χ3n) is 2.55. The molecule has 0 fully saturated rings. The van der Waals surface area contributed by atoms with Crippen LogP contribution in [0.3, 0.4) is 0 Å². The predicted molar refractivity (Wildman–Crippen MR) is 75.1 cm³/mol. The van der Waals surface area contributed by atoms with E-state index in [1.807, 2.05) is 0 Å². The Labute approximate surface area is 116 Å². The van der Waals surface area contributed by atoms with Gasteiger partial charge in [0.25, 0.3) is 5.91 Å². The summed E-state index contributed by atoms with van der Waals surface area (Å²) in [7, 11) is 3.29. The van der Waals surface area contributed by atoms with Gasteiger partial charge in [-0.25, -0.2) is 9.97 Å². The lowest BCUT2D eigenvalue weighted by atomic mass is 10.3. The van der Waals surface area contributed by atoms with Crippen LogP contribution in [0.1, 0.15) is 16.2 Å². The highest BCUT2D eigenvalue weighted by atomic mass is 16.5. The Morgan fingerprint density at radius 3 is 2.70 bits per heavy atom. The van der Waals surface area contributed by atoms with Crippen molar-refractivity contribution >= 4 is 17.5 Å². The van der Waals surface area contributed by atoms with Crippen LogP contribution in [0, 0.1) is 6.92 Å². The predicted octanol–water partition coefficient (Wildman–Crippen LogP) is 1.48. The van der Waals surface area contributed by atoms with E-state index in [4.69, 9.17) is 4.74 Å². The van der Waals surface area contributed by atoms with Crippen molar-refractivity contribution in [3.05, 3.63) is 35.8 Å². The molecule has 7 nitrogen and oxygen atoms in total. The minimum atomic E-state index is -0.375. The monoisotopic (exact) mass is 273 g/mol. The van der Waals surface area contributed by atoms with Crippen LogP contribution in [-0.4, -0.2) is 35.0 Å². The maximum atomic E-state index is 12.0. The van der Waals surface area contributed by atoms with Gasteiger partial charge < -0.3 is 10.1 Å². The summed E-state index contributed by atoms with van der Waals surface area (Å²) >= 11 is 0. The zero-order valence-electron chi connectivity index (χ0n) is 11.5. The van der Waals surface area contributed by atoms with Crippen molar-refractivity contribution in [1.29, 1.82) is 0 Å². The van der Waals surface area contributed by atoms with Crippen molar-refractivity contribution < 1.29 is 9.53 Å².